The van der Waals surface area contributed by atoms with Gasteiger partial charge in [0.05, 0.1) is 10.9 Å². The first-order valence-corrected chi connectivity index (χ1v) is 9.80. The SMILES string of the molecule is Cc1ccc(-n2c(SCc3ccc(Cl)cc3)nc3ccccc3c2=O)nc1. The van der Waals surface area contributed by atoms with Crippen LogP contribution in [-0.4, -0.2) is 14.5 Å². The largest absolute Gasteiger partial charge is 0.268 e. The van der Waals surface area contributed by atoms with Crippen LogP contribution in [0.25, 0.3) is 16.7 Å². The number of hydrogen-bond acceptors (Lipinski definition) is 4. The number of fused-ring (bicyclic) bond motifs is 1. The molecule has 0 fully saturated rings. The van der Waals surface area contributed by atoms with Crippen LogP contribution in [0.1, 0.15) is 11.1 Å². The van der Waals surface area contributed by atoms with E-state index in [2.05, 4.69) is 4.98 Å². The van der Waals surface area contributed by atoms with Gasteiger partial charge in [-0.1, -0.05) is 53.7 Å². The Balaban J connectivity index is 1.81. The molecule has 2 heterocycles. The Morgan fingerprint density at radius 2 is 1.81 bits per heavy atom. The fourth-order valence-corrected chi connectivity index (χ4v) is 3.81. The number of nitrogens with zero attached hydrogens (tertiary/aromatic N) is 3. The zero-order valence-corrected chi connectivity index (χ0v) is 16.2. The first-order chi connectivity index (χ1) is 13.1. The van der Waals surface area contributed by atoms with Gasteiger partial charge in [0.1, 0.15) is 5.82 Å². The Bertz CT molecular complexity index is 1150. The maximum absolute atomic E-state index is 13.1. The molecule has 0 aliphatic carbocycles. The van der Waals surface area contributed by atoms with Crippen molar-refractivity contribution < 1.29 is 0 Å². The van der Waals surface area contributed by atoms with Crippen LogP contribution >= 0.6 is 23.4 Å². The number of para-hydroxylation sites is 1. The van der Waals surface area contributed by atoms with Crippen LogP contribution in [0.3, 0.4) is 0 Å². The smallest absolute Gasteiger partial charge is 0.267 e. The first-order valence-electron chi connectivity index (χ1n) is 8.44. The summed E-state index contributed by atoms with van der Waals surface area (Å²) >= 11 is 7.46. The molecule has 134 valence electrons. The van der Waals surface area contributed by atoms with Crippen molar-refractivity contribution in [2.45, 2.75) is 17.8 Å². The summed E-state index contributed by atoms with van der Waals surface area (Å²) in [6.07, 6.45) is 1.75. The highest BCUT2D eigenvalue weighted by atomic mass is 35.5. The molecule has 0 aliphatic rings. The second kappa shape index (κ2) is 7.55. The van der Waals surface area contributed by atoms with E-state index < -0.39 is 0 Å². The van der Waals surface area contributed by atoms with E-state index in [4.69, 9.17) is 16.6 Å². The van der Waals surface area contributed by atoms with Crippen molar-refractivity contribution in [3.05, 3.63) is 93.4 Å². The minimum atomic E-state index is -0.115. The average molecular weight is 394 g/mol. The fourth-order valence-electron chi connectivity index (χ4n) is 2.73. The number of pyridine rings is 1. The van der Waals surface area contributed by atoms with Crippen molar-refractivity contribution in [1.82, 2.24) is 14.5 Å². The summed E-state index contributed by atoms with van der Waals surface area (Å²) in [6.45, 7) is 1.97. The van der Waals surface area contributed by atoms with E-state index in [-0.39, 0.29) is 5.56 Å². The van der Waals surface area contributed by atoms with E-state index in [1.54, 1.807) is 16.8 Å². The Morgan fingerprint density at radius 3 is 2.56 bits per heavy atom. The molecule has 0 saturated heterocycles. The number of halogens is 1. The molecule has 4 aromatic rings. The van der Waals surface area contributed by atoms with Gasteiger partial charge in [0.15, 0.2) is 5.16 Å². The fraction of sp³-hybridized carbons (Fsp3) is 0.0952. The number of aryl methyl sites for hydroxylation is 1. The number of aromatic nitrogens is 3. The Morgan fingerprint density at radius 1 is 1.04 bits per heavy atom. The minimum Gasteiger partial charge on any atom is -0.268 e. The van der Waals surface area contributed by atoms with Gasteiger partial charge in [-0.25, -0.2) is 14.5 Å². The second-order valence-corrected chi connectivity index (χ2v) is 7.54. The summed E-state index contributed by atoms with van der Waals surface area (Å²) in [5.74, 6) is 1.25. The molecule has 0 amide bonds. The van der Waals surface area contributed by atoms with Crippen molar-refractivity contribution in [1.29, 1.82) is 0 Å². The highest BCUT2D eigenvalue weighted by Crippen LogP contribution is 2.24. The number of thioether (sulfide) groups is 1. The molecule has 6 heteroatoms. The molecule has 0 bridgehead atoms. The molecule has 0 atom stereocenters. The van der Waals surface area contributed by atoms with Crippen LogP contribution in [0.2, 0.25) is 5.02 Å². The number of rotatable bonds is 4. The van der Waals surface area contributed by atoms with E-state index in [1.807, 2.05) is 61.5 Å². The lowest BCUT2D eigenvalue weighted by molar-refractivity contribution is 0.794. The highest BCUT2D eigenvalue weighted by molar-refractivity contribution is 7.98. The van der Waals surface area contributed by atoms with Crippen LogP contribution in [0, 0.1) is 6.92 Å². The molecule has 27 heavy (non-hydrogen) atoms. The Kier molecular flexibility index (Phi) is 4.97. The van der Waals surface area contributed by atoms with E-state index in [1.165, 1.54) is 11.8 Å². The normalized spacial score (nSPS) is 11.0. The molecule has 2 aromatic carbocycles. The predicted octanol–water partition coefficient (Wildman–Crippen LogP) is 5.03. The second-order valence-electron chi connectivity index (χ2n) is 6.16. The summed E-state index contributed by atoms with van der Waals surface area (Å²) in [5, 5.41) is 1.90. The predicted molar refractivity (Wildman–Crippen MR) is 111 cm³/mol. The van der Waals surface area contributed by atoms with Crippen molar-refractivity contribution >= 4 is 34.3 Å². The highest BCUT2D eigenvalue weighted by Gasteiger charge is 2.14. The Hall–Kier alpha value is -2.63. The monoisotopic (exact) mass is 393 g/mol. The molecule has 0 aliphatic heterocycles. The average Bonchev–Trinajstić information content (AvgIpc) is 2.69. The zero-order valence-electron chi connectivity index (χ0n) is 14.6. The quantitative estimate of drug-likeness (QED) is 0.360. The lowest BCUT2D eigenvalue weighted by Gasteiger charge is -2.12. The summed E-state index contributed by atoms with van der Waals surface area (Å²) < 4.78 is 1.59. The van der Waals surface area contributed by atoms with Crippen LogP contribution in [0.15, 0.2) is 76.8 Å². The van der Waals surface area contributed by atoms with Crippen molar-refractivity contribution in [3.8, 4) is 5.82 Å². The van der Waals surface area contributed by atoms with E-state index in [0.717, 1.165) is 11.1 Å². The molecular formula is C21H16ClN3OS. The van der Waals surface area contributed by atoms with Gasteiger partial charge < -0.3 is 0 Å². The van der Waals surface area contributed by atoms with Gasteiger partial charge in [0, 0.05) is 17.0 Å². The summed E-state index contributed by atoms with van der Waals surface area (Å²) in [6, 6.07) is 18.8. The van der Waals surface area contributed by atoms with Crippen LogP contribution in [-0.2, 0) is 5.75 Å². The van der Waals surface area contributed by atoms with Gasteiger partial charge in [0.25, 0.3) is 5.56 Å². The number of benzene rings is 2. The van der Waals surface area contributed by atoms with Gasteiger partial charge in [-0.3, -0.25) is 4.79 Å². The molecule has 0 unspecified atom stereocenters. The molecule has 4 rings (SSSR count). The van der Waals surface area contributed by atoms with E-state index in [0.29, 0.717) is 32.7 Å². The third kappa shape index (κ3) is 3.75. The van der Waals surface area contributed by atoms with E-state index >= 15 is 0 Å². The molecule has 0 N–H and O–H groups in total. The molecule has 2 aromatic heterocycles. The standard InChI is InChI=1S/C21H16ClN3OS/c1-14-6-11-19(23-12-14)25-20(26)17-4-2-3-5-18(17)24-21(25)27-13-15-7-9-16(22)10-8-15/h2-12H,13H2,1H3. The van der Waals surface area contributed by atoms with Gasteiger partial charge >= 0.3 is 0 Å². The number of hydrogen-bond donors (Lipinski definition) is 0. The van der Waals surface area contributed by atoms with Crippen molar-refractivity contribution in [2.75, 3.05) is 0 Å². The minimum absolute atomic E-state index is 0.115. The molecule has 4 nitrogen and oxygen atoms in total. The molecular weight excluding hydrogens is 378 g/mol. The van der Waals surface area contributed by atoms with Gasteiger partial charge in [-0.15, -0.1) is 0 Å². The zero-order chi connectivity index (χ0) is 18.8. The van der Waals surface area contributed by atoms with E-state index in [9.17, 15) is 4.79 Å². The molecule has 0 radical (unpaired) electrons. The van der Waals surface area contributed by atoms with Crippen molar-refractivity contribution in [2.24, 2.45) is 0 Å². The summed E-state index contributed by atoms with van der Waals surface area (Å²) in [4.78, 5) is 22.3. The van der Waals surface area contributed by atoms with Crippen LogP contribution in [0.5, 0.6) is 0 Å². The maximum atomic E-state index is 13.1. The maximum Gasteiger partial charge on any atom is 0.267 e. The van der Waals surface area contributed by atoms with Gasteiger partial charge in [0.2, 0.25) is 0 Å². The topological polar surface area (TPSA) is 47.8 Å². The summed E-state index contributed by atoms with van der Waals surface area (Å²) in [5.41, 5.74) is 2.71. The van der Waals surface area contributed by atoms with Gasteiger partial charge in [-0.05, 0) is 48.4 Å². The third-order valence-electron chi connectivity index (χ3n) is 4.15. The van der Waals surface area contributed by atoms with Gasteiger partial charge in [-0.2, -0.15) is 0 Å². The molecule has 0 saturated carbocycles. The molecule has 0 spiro atoms. The van der Waals surface area contributed by atoms with Crippen LogP contribution < -0.4 is 5.56 Å². The van der Waals surface area contributed by atoms with Crippen LogP contribution in [0.4, 0.5) is 0 Å². The lowest BCUT2D eigenvalue weighted by Crippen LogP contribution is -2.22. The lowest BCUT2D eigenvalue weighted by atomic mass is 10.2. The summed E-state index contributed by atoms with van der Waals surface area (Å²) in [7, 11) is 0. The third-order valence-corrected chi connectivity index (χ3v) is 5.41. The van der Waals surface area contributed by atoms with Crippen molar-refractivity contribution in [3.63, 3.8) is 0 Å². The first kappa shape index (κ1) is 17.8. The Labute approximate surface area is 165 Å².